The van der Waals surface area contributed by atoms with E-state index in [0.717, 1.165) is 28.3 Å². The Balaban J connectivity index is 2.15. The van der Waals surface area contributed by atoms with Gasteiger partial charge >= 0.3 is 0 Å². The standard InChI is InChI=1S/C16H17N3O2/c1-21-13-6-2-5-12(11-13)15-18-14-7-3-8-17-16(14)19(15)9-4-10-20/h2-3,5-8,11,20H,4,9-10H2,1H3. The lowest BCUT2D eigenvalue weighted by Crippen LogP contribution is -2.03. The molecule has 0 bridgehead atoms. The molecule has 3 rings (SSSR count). The predicted octanol–water partition coefficient (Wildman–Crippen LogP) is 2.49. The van der Waals surface area contributed by atoms with Gasteiger partial charge in [0.1, 0.15) is 17.1 Å². The minimum Gasteiger partial charge on any atom is -0.497 e. The smallest absolute Gasteiger partial charge is 0.160 e. The SMILES string of the molecule is COc1cccc(-c2nc3cccnc3n2CCCO)c1. The fourth-order valence-electron chi connectivity index (χ4n) is 2.38. The van der Waals surface area contributed by atoms with Crippen molar-refractivity contribution >= 4 is 11.2 Å². The molecule has 0 atom stereocenters. The summed E-state index contributed by atoms with van der Waals surface area (Å²) in [5.41, 5.74) is 2.67. The Morgan fingerprint density at radius 3 is 2.95 bits per heavy atom. The third-order valence-corrected chi connectivity index (χ3v) is 3.37. The van der Waals surface area contributed by atoms with Gasteiger partial charge in [0.2, 0.25) is 0 Å². The Morgan fingerprint density at radius 1 is 1.24 bits per heavy atom. The van der Waals surface area contributed by atoms with Gasteiger partial charge in [-0.15, -0.1) is 0 Å². The van der Waals surface area contributed by atoms with Crippen LogP contribution >= 0.6 is 0 Å². The summed E-state index contributed by atoms with van der Waals surface area (Å²) in [6, 6.07) is 11.6. The molecular formula is C16H17N3O2. The highest BCUT2D eigenvalue weighted by Crippen LogP contribution is 2.26. The number of aromatic nitrogens is 3. The van der Waals surface area contributed by atoms with Gasteiger partial charge < -0.3 is 14.4 Å². The van der Waals surface area contributed by atoms with E-state index in [1.165, 1.54) is 0 Å². The number of ether oxygens (including phenoxy) is 1. The minimum absolute atomic E-state index is 0.143. The van der Waals surface area contributed by atoms with Crippen molar-refractivity contribution in [2.24, 2.45) is 0 Å². The van der Waals surface area contributed by atoms with Crippen molar-refractivity contribution < 1.29 is 9.84 Å². The van der Waals surface area contributed by atoms with E-state index in [4.69, 9.17) is 9.84 Å². The number of pyridine rings is 1. The van der Waals surface area contributed by atoms with E-state index in [-0.39, 0.29) is 6.61 Å². The monoisotopic (exact) mass is 283 g/mol. The first-order valence-electron chi connectivity index (χ1n) is 6.90. The quantitative estimate of drug-likeness (QED) is 0.781. The average molecular weight is 283 g/mol. The first-order valence-corrected chi connectivity index (χ1v) is 6.90. The number of nitrogens with zero attached hydrogens (tertiary/aromatic N) is 3. The van der Waals surface area contributed by atoms with Crippen LogP contribution in [0.1, 0.15) is 6.42 Å². The number of aryl methyl sites for hydroxylation is 1. The molecule has 0 saturated carbocycles. The van der Waals surface area contributed by atoms with Crippen molar-refractivity contribution in [1.29, 1.82) is 0 Å². The van der Waals surface area contributed by atoms with Gasteiger partial charge in [0, 0.05) is 24.9 Å². The second-order valence-corrected chi connectivity index (χ2v) is 4.74. The summed E-state index contributed by atoms with van der Waals surface area (Å²) in [4.78, 5) is 9.08. The van der Waals surface area contributed by atoms with Gasteiger partial charge in [-0.1, -0.05) is 12.1 Å². The Bertz CT molecular complexity index is 752. The number of hydrogen-bond acceptors (Lipinski definition) is 4. The highest BCUT2D eigenvalue weighted by Gasteiger charge is 2.13. The lowest BCUT2D eigenvalue weighted by atomic mass is 10.2. The maximum atomic E-state index is 9.11. The zero-order valence-corrected chi connectivity index (χ0v) is 11.9. The van der Waals surface area contributed by atoms with Gasteiger partial charge in [0.05, 0.1) is 7.11 Å². The number of methoxy groups -OCH3 is 1. The summed E-state index contributed by atoms with van der Waals surface area (Å²) < 4.78 is 7.32. The Kier molecular flexibility index (Phi) is 3.83. The van der Waals surface area contributed by atoms with Gasteiger partial charge in [-0.3, -0.25) is 0 Å². The molecule has 0 spiro atoms. The van der Waals surface area contributed by atoms with Crippen LogP contribution in [0.25, 0.3) is 22.6 Å². The van der Waals surface area contributed by atoms with Gasteiger partial charge in [-0.2, -0.15) is 0 Å². The summed E-state index contributed by atoms with van der Waals surface area (Å²) in [7, 11) is 1.65. The maximum absolute atomic E-state index is 9.11. The third kappa shape index (κ3) is 2.60. The molecule has 0 amide bonds. The van der Waals surface area contributed by atoms with Gasteiger partial charge in [-0.05, 0) is 30.7 Å². The molecule has 2 aromatic heterocycles. The topological polar surface area (TPSA) is 60.2 Å². The second-order valence-electron chi connectivity index (χ2n) is 4.74. The molecule has 108 valence electrons. The molecule has 0 saturated heterocycles. The van der Waals surface area contributed by atoms with Crippen LogP contribution in [0.5, 0.6) is 5.75 Å². The molecule has 5 heteroatoms. The normalized spacial score (nSPS) is 11.0. The third-order valence-electron chi connectivity index (χ3n) is 3.37. The molecular weight excluding hydrogens is 266 g/mol. The van der Waals surface area contributed by atoms with Crippen LogP contribution in [-0.4, -0.2) is 33.4 Å². The molecule has 3 aromatic rings. The van der Waals surface area contributed by atoms with Gasteiger partial charge in [0.15, 0.2) is 5.65 Å². The van der Waals surface area contributed by atoms with Crippen LogP contribution in [0, 0.1) is 0 Å². The van der Waals surface area contributed by atoms with Crippen LogP contribution in [0.2, 0.25) is 0 Å². The molecule has 0 aliphatic heterocycles. The van der Waals surface area contributed by atoms with Crippen LogP contribution < -0.4 is 4.74 Å². The summed E-state index contributed by atoms with van der Waals surface area (Å²) in [6.45, 7) is 0.820. The largest absolute Gasteiger partial charge is 0.497 e. The van der Waals surface area contributed by atoms with E-state index in [1.807, 2.05) is 41.0 Å². The number of fused-ring (bicyclic) bond motifs is 1. The van der Waals surface area contributed by atoms with Crippen LogP contribution in [0.15, 0.2) is 42.6 Å². The molecule has 0 aliphatic rings. The zero-order chi connectivity index (χ0) is 14.7. The summed E-state index contributed by atoms with van der Waals surface area (Å²) in [5.74, 6) is 1.64. The van der Waals surface area contributed by atoms with E-state index in [0.29, 0.717) is 13.0 Å². The second kappa shape index (κ2) is 5.93. The summed E-state index contributed by atoms with van der Waals surface area (Å²) in [5, 5.41) is 9.11. The first kappa shape index (κ1) is 13.6. The van der Waals surface area contributed by atoms with Crippen molar-refractivity contribution in [1.82, 2.24) is 14.5 Å². The van der Waals surface area contributed by atoms with E-state index >= 15 is 0 Å². The maximum Gasteiger partial charge on any atom is 0.160 e. The van der Waals surface area contributed by atoms with E-state index in [1.54, 1.807) is 13.3 Å². The first-order chi connectivity index (χ1) is 10.3. The molecule has 0 unspecified atom stereocenters. The molecule has 1 N–H and O–H groups in total. The predicted molar refractivity (Wildman–Crippen MR) is 81.2 cm³/mol. The molecule has 2 heterocycles. The molecule has 0 aliphatic carbocycles. The lowest BCUT2D eigenvalue weighted by molar-refractivity contribution is 0.280. The van der Waals surface area contributed by atoms with Crippen molar-refractivity contribution in [2.45, 2.75) is 13.0 Å². The molecule has 21 heavy (non-hydrogen) atoms. The van der Waals surface area contributed by atoms with Crippen molar-refractivity contribution in [3.05, 3.63) is 42.6 Å². The fourth-order valence-corrected chi connectivity index (χ4v) is 2.38. The van der Waals surface area contributed by atoms with Crippen molar-refractivity contribution in [3.63, 3.8) is 0 Å². The van der Waals surface area contributed by atoms with Gasteiger partial charge in [0.25, 0.3) is 0 Å². The minimum atomic E-state index is 0.143. The number of imidazole rings is 1. The van der Waals surface area contributed by atoms with Crippen LogP contribution in [0.4, 0.5) is 0 Å². The molecule has 0 radical (unpaired) electrons. The highest BCUT2D eigenvalue weighted by atomic mass is 16.5. The van der Waals surface area contributed by atoms with Crippen molar-refractivity contribution in [3.8, 4) is 17.1 Å². The van der Waals surface area contributed by atoms with Crippen LogP contribution in [0.3, 0.4) is 0 Å². The Labute approximate surface area is 122 Å². The number of aliphatic hydroxyl groups excluding tert-OH is 1. The van der Waals surface area contributed by atoms with Gasteiger partial charge in [-0.25, -0.2) is 9.97 Å². The fraction of sp³-hybridized carbons (Fsp3) is 0.250. The Hall–Kier alpha value is -2.40. The van der Waals surface area contributed by atoms with Crippen molar-refractivity contribution in [2.75, 3.05) is 13.7 Å². The highest BCUT2D eigenvalue weighted by molar-refractivity contribution is 5.77. The van der Waals surface area contributed by atoms with E-state index in [9.17, 15) is 0 Å². The number of benzene rings is 1. The average Bonchev–Trinajstić information content (AvgIpc) is 2.91. The number of rotatable bonds is 5. The van der Waals surface area contributed by atoms with E-state index in [2.05, 4.69) is 9.97 Å². The zero-order valence-electron chi connectivity index (χ0n) is 11.9. The number of hydrogen-bond donors (Lipinski definition) is 1. The van der Waals surface area contributed by atoms with E-state index < -0.39 is 0 Å². The summed E-state index contributed by atoms with van der Waals surface area (Å²) >= 11 is 0. The number of aliphatic hydroxyl groups is 1. The molecule has 1 aromatic carbocycles. The Morgan fingerprint density at radius 2 is 2.14 bits per heavy atom. The summed E-state index contributed by atoms with van der Waals surface area (Å²) in [6.07, 6.45) is 2.42. The van der Waals surface area contributed by atoms with Crippen LogP contribution in [-0.2, 0) is 6.54 Å². The molecule has 5 nitrogen and oxygen atoms in total. The lowest BCUT2D eigenvalue weighted by Gasteiger charge is -2.08. The molecule has 0 fully saturated rings.